The Morgan fingerprint density at radius 1 is 1.54 bits per heavy atom. The lowest BCUT2D eigenvalue weighted by Gasteiger charge is -2.19. The number of anilines is 1. The third-order valence-electron chi connectivity index (χ3n) is 1.55. The molecule has 1 rings (SSSR count). The molecular weight excluding hydrogens is 188 g/mol. The van der Waals surface area contributed by atoms with Crippen molar-refractivity contribution in [1.82, 2.24) is 15.2 Å². The Morgan fingerprint density at radius 3 is 2.77 bits per heavy atom. The summed E-state index contributed by atoms with van der Waals surface area (Å²) in [5.74, 6) is 1.34. The molecule has 0 aliphatic rings. The second-order valence-corrected chi connectivity index (χ2v) is 3.70. The summed E-state index contributed by atoms with van der Waals surface area (Å²) >= 11 is 5.61. The van der Waals surface area contributed by atoms with Gasteiger partial charge in [-0.25, -0.2) is 0 Å². The third kappa shape index (κ3) is 3.14. The van der Waals surface area contributed by atoms with Crippen molar-refractivity contribution in [2.75, 3.05) is 18.5 Å². The molecule has 0 atom stereocenters. The Kier molecular flexibility index (Phi) is 3.42. The Balaban J connectivity index is 2.71. The van der Waals surface area contributed by atoms with E-state index in [2.05, 4.69) is 29.0 Å². The highest BCUT2D eigenvalue weighted by Gasteiger charge is 2.05. The van der Waals surface area contributed by atoms with Crippen LogP contribution in [0, 0.1) is 5.92 Å². The number of nitrogens with zero attached hydrogens (tertiary/aromatic N) is 4. The van der Waals surface area contributed by atoms with Gasteiger partial charge in [0, 0.05) is 13.6 Å². The molecule has 1 aromatic heterocycles. The van der Waals surface area contributed by atoms with Crippen molar-refractivity contribution in [2.24, 2.45) is 5.92 Å². The highest BCUT2D eigenvalue weighted by molar-refractivity contribution is 6.28. The highest BCUT2D eigenvalue weighted by Crippen LogP contribution is 2.10. The maximum Gasteiger partial charge on any atom is 0.244 e. The van der Waals surface area contributed by atoms with Gasteiger partial charge in [0.05, 0.1) is 6.20 Å². The van der Waals surface area contributed by atoms with Gasteiger partial charge in [0.15, 0.2) is 5.82 Å². The molecule has 72 valence electrons. The first-order valence-corrected chi connectivity index (χ1v) is 4.53. The van der Waals surface area contributed by atoms with Crippen LogP contribution in [0.2, 0.25) is 5.28 Å². The van der Waals surface area contributed by atoms with Crippen molar-refractivity contribution < 1.29 is 0 Å². The number of hydrogen-bond acceptors (Lipinski definition) is 4. The highest BCUT2D eigenvalue weighted by atomic mass is 35.5. The maximum atomic E-state index is 5.61. The van der Waals surface area contributed by atoms with Gasteiger partial charge in [-0.15, -0.1) is 5.10 Å². The van der Waals surface area contributed by atoms with Crippen molar-refractivity contribution >= 4 is 17.4 Å². The minimum Gasteiger partial charge on any atom is -0.358 e. The lowest BCUT2D eigenvalue weighted by molar-refractivity contribution is 0.633. The number of hydrogen-bond donors (Lipinski definition) is 0. The van der Waals surface area contributed by atoms with E-state index < -0.39 is 0 Å². The van der Waals surface area contributed by atoms with Gasteiger partial charge in [-0.05, 0) is 17.5 Å². The van der Waals surface area contributed by atoms with Gasteiger partial charge in [-0.2, -0.15) is 10.1 Å². The quantitative estimate of drug-likeness (QED) is 0.744. The van der Waals surface area contributed by atoms with Crippen molar-refractivity contribution in [3.05, 3.63) is 11.5 Å². The molecule has 0 radical (unpaired) electrons. The summed E-state index contributed by atoms with van der Waals surface area (Å²) in [6.07, 6.45) is 1.61. The largest absolute Gasteiger partial charge is 0.358 e. The van der Waals surface area contributed by atoms with Crippen LogP contribution in [0.3, 0.4) is 0 Å². The average Bonchev–Trinajstić information content (AvgIpc) is 2.03. The van der Waals surface area contributed by atoms with Crippen LogP contribution in [0.25, 0.3) is 0 Å². The van der Waals surface area contributed by atoms with E-state index in [9.17, 15) is 0 Å². The van der Waals surface area contributed by atoms with E-state index in [1.54, 1.807) is 6.20 Å². The molecule has 0 saturated heterocycles. The van der Waals surface area contributed by atoms with Crippen molar-refractivity contribution in [1.29, 1.82) is 0 Å². The lowest BCUT2D eigenvalue weighted by atomic mass is 10.2. The SMILES string of the molecule is CC(C)CN(C)c1cnnc(Cl)n1. The fourth-order valence-electron chi connectivity index (χ4n) is 1.10. The molecule has 0 saturated carbocycles. The molecule has 0 unspecified atom stereocenters. The molecule has 13 heavy (non-hydrogen) atoms. The van der Waals surface area contributed by atoms with Gasteiger partial charge in [0.1, 0.15) is 0 Å². The van der Waals surface area contributed by atoms with E-state index >= 15 is 0 Å². The monoisotopic (exact) mass is 200 g/mol. The van der Waals surface area contributed by atoms with Crippen LogP contribution < -0.4 is 4.90 Å². The third-order valence-corrected chi connectivity index (χ3v) is 1.71. The minimum absolute atomic E-state index is 0.188. The van der Waals surface area contributed by atoms with Crippen LogP contribution >= 0.6 is 11.6 Å². The van der Waals surface area contributed by atoms with Crippen LogP contribution in [-0.4, -0.2) is 28.8 Å². The van der Waals surface area contributed by atoms with E-state index in [0.29, 0.717) is 5.92 Å². The summed E-state index contributed by atoms with van der Waals surface area (Å²) < 4.78 is 0. The average molecular weight is 201 g/mol. The molecule has 0 aromatic carbocycles. The maximum absolute atomic E-state index is 5.61. The summed E-state index contributed by atoms with van der Waals surface area (Å²) in [4.78, 5) is 6.05. The van der Waals surface area contributed by atoms with Crippen LogP contribution in [0.1, 0.15) is 13.8 Å². The van der Waals surface area contributed by atoms with Gasteiger partial charge < -0.3 is 4.90 Å². The van der Waals surface area contributed by atoms with E-state index in [1.807, 2.05) is 11.9 Å². The Hall–Kier alpha value is -0.900. The van der Waals surface area contributed by atoms with Gasteiger partial charge in [-0.3, -0.25) is 0 Å². The van der Waals surface area contributed by atoms with Crippen LogP contribution in [0.4, 0.5) is 5.82 Å². The smallest absolute Gasteiger partial charge is 0.244 e. The van der Waals surface area contributed by atoms with Crippen LogP contribution in [0.5, 0.6) is 0 Å². The first-order valence-electron chi connectivity index (χ1n) is 4.16. The minimum atomic E-state index is 0.188. The molecule has 0 N–H and O–H groups in total. The van der Waals surface area contributed by atoms with Crippen LogP contribution in [-0.2, 0) is 0 Å². The molecule has 0 spiro atoms. The molecule has 0 aliphatic heterocycles. The topological polar surface area (TPSA) is 41.9 Å². The summed E-state index contributed by atoms with van der Waals surface area (Å²) in [5, 5.41) is 7.49. The number of aromatic nitrogens is 3. The molecule has 4 nitrogen and oxygen atoms in total. The molecule has 0 fully saturated rings. The van der Waals surface area contributed by atoms with Crippen molar-refractivity contribution in [3.8, 4) is 0 Å². The second kappa shape index (κ2) is 4.37. The molecule has 0 bridgehead atoms. The molecule has 5 heteroatoms. The zero-order valence-electron chi connectivity index (χ0n) is 8.03. The van der Waals surface area contributed by atoms with Gasteiger partial charge in [0.2, 0.25) is 5.28 Å². The van der Waals surface area contributed by atoms with Gasteiger partial charge in [-0.1, -0.05) is 13.8 Å². The molecule has 1 heterocycles. The zero-order valence-corrected chi connectivity index (χ0v) is 8.78. The standard InChI is InChI=1S/C8H13ClN4/c1-6(2)5-13(3)7-4-10-12-8(9)11-7/h4,6H,5H2,1-3H3. The Morgan fingerprint density at radius 2 is 2.23 bits per heavy atom. The first-order chi connectivity index (χ1) is 6.09. The zero-order chi connectivity index (χ0) is 9.84. The van der Waals surface area contributed by atoms with E-state index in [-0.39, 0.29) is 5.28 Å². The number of halogens is 1. The fraction of sp³-hybridized carbons (Fsp3) is 0.625. The Labute approximate surface area is 82.9 Å². The van der Waals surface area contributed by atoms with E-state index in [1.165, 1.54) is 0 Å². The summed E-state index contributed by atoms with van der Waals surface area (Å²) in [5.41, 5.74) is 0. The first kappa shape index (κ1) is 10.2. The second-order valence-electron chi connectivity index (χ2n) is 3.36. The summed E-state index contributed by atoms with van der Waals surface area (Å²) in [6, 6.07) is 0. The van der Waals surface area contributed by atoms with Gasteiger partial charge >= 0.3 is 0 Å². The Bertz CT molecular complexity index is 277. The molecule has 0 amide bonds. The molecular formula is C8H13ClN4. The lowest BCUT2D eigenvalue weighted by Crippen LogP contribution is -2.23. The van der Waals surface area contributed by atoms with Crippen molar-refractivity contribution in [3.63, 3.8) is 0 Å². The normalized spacial score (nSPS) is 10.5. The van der Waals surface area contributed by atoms with E-state index in [0.717, 1.165) is 12.4 Å². The van der Waals surface area contributed by atoms with Crippen LogP contribution in [0.15, 0.2) is 6.20 Å². The molecule has 1 aromatic rings. The number of rotatable bonds is 3. The predicted molar refractivity (Wildman–Crippen MR) is 52.9 cm³/mol. The molecule has 0 aliphatic carbocycles. The fourth-order valence-corrected chi connectivity index (χ4v) is 1.23. The van der Waals surface area contributed by atoms with Gasteiger partial charge in [0.25, 0.3) is 0 Å². The van der Waals surface area contributed by atoms with E-state index in [4.69, 9.17) is 11.6 Å². The van der Waals surface area contributed by atoms with Crippen molar-refractivity contribution in [2.45, 2.75) is 13.8 Å². The summed E-state index contributed by atoms with van der Waals surface area (Å²) in [7, 11) is 1.96. The predicted octanol–water partition coefficient (Wildman–Crippen LogP) is 1.62. The summed E-state index contributed by atoms with van der Waals surface area (Å²) in [6.45, 7) is 5.22.